The van der Waals surface area contributed by atoms with Gasteiger partial charge >= 0.3 is 5.97 Å². The molecule has 0 atom stereocenters. The lowest BCUT2D eigenvalue weighted by Gasteiger charge is -2.28. The highest BCUT2D eigenvalue weighted by Gasteiger charge is 2.35. The van der Waals surface area contributed by atoms with Gasteiger partial charge in [0.05, 0.1) is 15.7 Å². The van der Waals surface area contributed by atoms with E-state index in [2.05, 4.69) is 37.2 Å². The molecule has 26 heavy (non-hydrogen) atoms. The van der Waals surface area contributed by atoms with Gasteiger partial charge < -0.3 is 9.52 Å². The number of nitrogens with zero attached hydrogens (tertiary/aromatic N) is 1. The number of anilines is 1. The van der Waals surface area contributed by atoms with Crippen molar-refractivity contribution in [2.75, 3.05) is 4.90 Å². The molecule has 1 aromatic carbocycles. The molecule has 0 unspecified atom stereocenters. The van der Waals surface area contributed by atoms with Gasteiger partial charge in [-0.2, -0.15) is 0 Å². The van der Waals surface area contributed by atoms with E-state index < -0.39 is 17.8 Å². The third-order valence-electron chi connectivity index (χ3n) is 3.40. The van der Waals surface area contributed by atoms with Crippen molar-refractivity contribution in [3.05, 3.63) is 56.4 Å². The van der Waals surface area contributed by atoms with Gasteiger partial charge in [0.25, 0.3) is 11.8 Å². The molecule has 10 heteroatoms. The molecule has 132 valence electrons. The lowest BCUT2D eigenvalue weighted by Crippen LogP contribution is -2.54. The Kier molecular flexibility index (Phi) is 5.08. The maximum absolute atomic E-state index is 12.8. The van der Waals surface area contributed by atoms with Crippen LogP contribution in [0.25, 0.3) is 6.08 Å². The maximum Gasteiger partial charge on any atom is 0.335 e. The molecule has 1 aliphatic rings. The number of furan rings is 1. The summed E-state index contributed by atoms with van der Waals surface area (Å²) in [6.07, 6.45) is 1.28. The van der Waals surface area contributed by atoms with E-state index in [-0.39, 0.29) is 27.7 Å². The SMILES string of the molecule is O=C1NC(=S)N(c2cccc(C(=O)O)c2)C(=O)C1=Cc1cc(Br)c(Br)o1. The number of hydrogen-bond acceptors (Lipinski definition) is 5. The highest BCUT2D eigenvalue weighted by atomic mass is 79.9. The van der Waals surface area contributed by atoms with Crippen molar-refractivity contribution in [2.24, 2.45) is 0 Å². The summed E-state index contributed by atoms with van der Waals surface area (Å²) in [4.78, 5) is 37.2. The molecule has 7 nitrogen and oxygen atoms in total. The van der Waals surface area contributed by atoms with E-state index >= 15 is 0 Å². The number of halogens is 2. The van der Waals surface area contributed by atoms with E-state index in [9.17, 15) is 14.4 Å². The van der Waals surface area contributed by atoms with Crippen molar-refractivity contribution in [3.63, 3.8) is 0 Å². The zero-order valence-corrected chi connectivity index (χ0v) is 16.6. The van der Waals surface area contributed by atoms with E-state index in [4.69, 9.17) is 21.7 Å². The number of amides is 2. The van der Waals surface area contributed by atoms with Crippen LogP contribution in [-0.4, -0.2) is 28.0 Å². The molecule has 2 N–H and O–H groups in total. The number of nitrogens with one attached hydrogen (secondary N) is 1. The third-order valence-corrected chi connectivity index (χ3v) is 5.40. The smallest absolute Gasteiger partial charge is 0.335 e. The number of rotatable bonds is 3. The zero-order valence-electron chi connectivity index (χ0n) is 12.7. The van der Waals surface area contributed by atoms with Gasteiger partial charge in [-0.15, -0.1) is 0 Å². The van der Waals surface area contributed by atoms with Crippen LogP contribution in [0, 0.1) is 0 Å². The van der Waals surface area contributed by atoms with Crippen molar-refractivity contribution in [1.82, 2.24) is 5.32 Å². The Morgan fingerprint density at radius 1 is 1.27 bits per heavy atom. The second-order valence-corrected chi connectivity index (χ2v) is 7.05. The Labute approximate surface area is 168 Å². The maximum atomic E-state index is 12.8. The Morgan fingerprint density at radius 2 is 2.00 bits per heavy atom. The van der Waals surface area contributed by atoms with Crippen molar-refractivity contribution < 1.29 is 23.9 Å². The number of carbonyl (C=O) groups excluding carboxylic acids is 2. The fourth-order valence-electron chi connectivity index (χ4n) is 2.25. The van der Waals surface area contributed by atoms with Crippen molar-refractivity contribution in [2.45, 2.75) is 0 Å². The summed E-state index contributed by atoms with van der Waals surface area (Å²) in [5.74, 6) is -2.24. The van der Waals surface area contributed by atoms with Gasteiger partial charge in [0.15, 0.2) is 9.78 Å². The standard InChI is InChI=1S/C16H8Br2N2O5S/c17-11-6-9(25-12(11)18)5-10-13(21)19-16(26)20(14(10)22)8-3-1-2-7(4-8)15(23)24/h1-6H,(H,23,24)(H,19,21,26). The quantitative estimate of drug-likeness (QED) is 0.381. The number of hydrogen-bond donors (Lipinski definition) is 2. The number of thiocarbonyl (C=S) groups is 1. The largest absolute Gasteiger partial charge is 0.478 e. The number of carboxylic acids is 1. The zero-order chi connectivity index (χ0) is 19.0. The van der Waals surface area contributed by atoms with Crippen molar-refractivity contribution >= 4 is 78.7 Å². The topological polar surface area (TPSA) is 99.9 Å². The average Bonchev–Trinajstić information content (AvgIpc) is 2.89. The predicted molar refractivity (Wildman–Crippen MR) is 104 cm³/mol. The average molecular weight is 500 g/mol. The molecule has 2 amide bonds. The number of aromatic carboxylic acids is 1. The summed E-state index contributed by atoms with van der Waals surface area (Å²) in [6.45, 7) is 0. The summed E-state index contributed by atoms with van der Waals surface area (Å²) in [7, 11) is 0. The molecule has 3 rings (SSSR count). The van der Waals surface area contributed by atoms with E-state index in [1.807, 2.05) is 0 Å². The Bertz CT molecular complexity index is 979. The van der Waals surface area contributed by atoms with Crippen LogP contribution in [0.3, 0.4) is 0 Å². The minimum Gasteiger partial charge on any atom is -0.478 e. The monoisotopic (exact) mass is 498 g/mol. The van der Waals surface area contributed by atoms with Crippen LogP contribution in [0.15, 0.2) is 49.5 Å². The number of carboxylic acid groups (broad SMARTS) is 1. The Morgan fingerprint density at radius 3 is 2.62 bits per heavy atom. The first-order valence-corrected chi connectivity index (χ1v) is 8.97. The van der Waals surface area contributed by atoms with Crippen LogP contribution in [0.4, 0.5) is 5.69 Å². The van der Waals surface area contributed by atoms with Gasteiger partial charge in [-0.25, -0.2) is 4.79 Å². The van der Waals surface area contributed by atoms with Gasteiger partial charge in [-0.1, -0.05) is 6.07 Å². The fourth-order valence-corrected chi connectivity index (χ4v) is 3.14. The highest BCUT2D eigenvalue weighted by Crippen LogP contribution is 2.29. The molecule has 0 aliphatic carbocycles. The second-order valence-electron chi connectivity index (χ2n) is 5.08. The molecule has 0 saturated carbocycles. The lowest BCUT2D eigenvalue weighted by molar-refractivity contribution is -0.122. The van der Waals surface area contributed by atoms with Crippen LogP contribution < -0.4 is 10.2 Å². The lowest BCUT2D eigenvalue weighted by atomic mass is 10.1. The van der Waals surface area contributed by atoms with Gasteiger partial charge in [-0.3, -0.25) is 19.8 Å². The summed E-state index contributed by atoms with van der Waals surface area (Å²) >= 11 is 11.5. The minimum absolute atomic E-state index is 0.0144. The minimum atomic E-state index is -1.15. The van der Waals surface area contributed by atoms with Crippen LogP contribution in [0.5, 0.6) is 0 Å². The highest BCUT2D eigenvalue weighted by molar-refractivity contribution is 9.13. The van der Waals surface area contributed by atoms with Crippen LogP contribution in [-0.2, 0) is 9.59 Å². The molecular weight excluding hydrogens is 492 g/mol. The van der Waals surface area contributed by atoms with Crippen molar-refractivity contribution in [3.8, 4) is 0 Å². The first-order valence-electron chi connectivity index (χ1n) is 6.97. The molecule has 1 aromatic heterocycles. The van der Waals surface area contributed by atoms with Gasteiger partial charge in [-0.05, 0) is 74.4 Å². The summed E-state index contributed by atoms with van der Waals surface area (Å²) in [5.41, 5.74) is 0.0140. The normalized spacial score (nSPS) is 16.2. The predicted octanol–water partition coefficient (Wildman–Crippen LogP) is 3.33. The molecule has 0 radical (unpaired) electrons. The molecule has 2 heterocycles. The molecule has 0 spiro atoms. The number of benzene rings is 1. The molecule has 2 aromatic rings. The Hall–Kier alpha value is -2.30. The molecule has 1 fully saturated rings. The van der Waals surface area contributed by atoms with Crippen molar-refractivity contribution in [1.29, 1.82) is 0 Å². The molecule has 1 aliphatic heterocycles. The van der Waals surface area contributed by atoms with Crippen LogP contribution >= 0.6 is 44.1 Å². The molecule has 1 saturated heterocycles. The molecule has 0 bridgehead atoms. The van der Waals surface area contributed by atoms with Gasteiger partial charge in [0.2, 0.25) is 0 Å². The third kappa shape index (κ3) is 3.48. The van der Waals surface area contributed by atoms with E-state index in [0.717, 1.165) is 4.90 Å². The molecular formula is C16H8Br2N2O5S. The van der Waals surface area contributed by atoms with Gasteiger partial charge in [0, 0.05) is 0 Å². The number of carbonyl (C=O) groups is 3. The van der Waals surface area contributed by atoms with Crippen LogP contribution in [0.1, 0.15) is 16.1 Å². The summed E-state index contributed by atoms with van der Waals surface area (Å²) in [5, 5.41) is 11.4. The van der Waals surface area contributed by atoms with E-state index in [1.165, 1.54) is 30.3 Å². The Balaban J connectivity index is 2.03. The van der Waals surface area contributed by atoms with E-state index in [0.29, 0.717) is 9.14 Å². The first kappa shape index (κ1) is 18.5. The van der Waals surface area contributed by atoms with Crippen LogP contribution in [0.2, 0.25) is 0 Å². The summed E-state index contributed by atoms with van der Waals surface area (Å²) < 4.78 is 6.40. The van der Waals surface area contributed by atoms with Gasteiger partial charge in [0.1, 0.15) is 11.3 Å². The second kappa shape index (κ2) is 7.14. The first-order chi connectivity index (χ1) is 12.3. The fraction of sp³-hybridized carbons (Fsp3) is 0. The van der Waals surface area contributed by atoms with E-state index in [1.54, 1.807) is 6.07 Å². The summed E-state index contributed by atoms with van der Waals surface area (Å²) in [6, 6.07) is 7.26.